The van der Waals surface area contributed by atoms with Gasteiger partial charge in [-0.05, 0) is 17.5 Å². The first kappa shape index (κ1) is 15.1. The molecule has 0 saturated carbocycles. The van der Waals surface area contributed by atoms with E-state index in [1.54, 1.807) is 12.1 Å². The van der Waals surface area contributed by atoms with Crippen LogP contribution < -0.4 is 10.6 Å². The number of carbonyl (C=O) groups is 2. The summed E-state index contributed by atoms with van der Waals surface area (Å²) < 4.78 is 5.08. The molecule has 19 heavy (non-hydrogen) atoms. The van der Waals surface area contributed by atoms with E-state index in [0.717, 1.165) is 0 Å². The Labute approximate surface area is 112 Å². The van der Waals surface area contributed by atoms with E-state index < -0.39 is 18.0 Å². The number of carboxylic acid groups (broad SMARTS) is 1. The van der Waals surface area contributed by atoms with E-state index >= 15 is 0 Å². The number of urea groups is 1. The Bertz CT molecular complexity index is 420. The number of hydrogen-bond acceptors (Lipinski definition) is 3. The Morgan fingerprint density at radius 2 is 2.11 bits per heavy atom. The summed E-state index contributed by atoms with van der Waals surface area (Å²) in [6.07, 6.45) is 1.41. The molecular weight excluding hydrogens is 248 g/mol. The standard InChI is InChI=1S/C13H20N2O4/c1-13(2,3)10(7-11(16)17)15-12(18)14-8-9-5-4-6-19-9/h4-6,10H,7-8H2,1-3H3,(H,16,17)(H2,14,15,18). The summed E-state index contributed by atoms with van der Waals surface area (Å²) in [6.45, 7) is 5.91. The number of carbonyl (C=O) groups excluding carboxylic acids is 1. The first-order valence-electron chi connectivity index (χ1n) is 6.07. The monoisotopic (exact) mass is 268 g/mol. The zero-order valence-corrected chi connectivity index (χ0v) is 11.4. The number of rotatable bonds is 5. The first-order valence-corrected chi connectivity index (χ1v) is 6.07. The van der Waals surface area contributed by atoms with Crippen LogP contribution in [0.3, 0.4) is 0 Å². The second-order valence-corrected chi connectivity index (χ2v) is 5.42. The van der Waals surface area contributed by atoms with Crippen molar-refractivity contribution in [3.05, 3.63) is 24.2 Å². The summed E-state index contributed by atoms with van der Waals surface area (Å²) in [4.78, 5) is 22.5. The number of hydrogen-bond donors (Lipinski definition) is 3. The molecule has 1 aromatic rings. The van der Waals surface area contributed by atoms with E-state index in [-0.39, 0.29) is 18.4 Å². The van der Waals surface area contributed by atoms with Crippen molar-refractivity contribution in [3.63, 3.8) is 0 Å². The van der Waals surface area contributed by atoms with Gasteiger partial charge >= 0.3 is 12.0 Å². The van der Waals surface area contributed by atoms with Gasteiger partial charge in [-0.2, -0.15) is 0 Å². The highest BCUT2D eigenvalue weighted by molar-refractivity contribution is 5.75. The normalized spacial score (nSPS) is 12.8. The molecule has 6 nitrogen and oxygen atoms in total. The average molecular weight is 268 g/mol. The molecule has 0 aliphatic heterocycles. The predicted octanol–water partition coefficient (Wildman–Crippen LogP) is 1.97. The molecule has 0 aromatic carbocycles. The Morgan fingerprint density at radius 1 is 1.42 bits per heavy atom. The Balaban J connectivity index is 2.49. The fraction of sp³-hybridized carbons (Fsp3) is 0.538. The number of aliphatic carboxylic acids is 1. The van der Waals surface area contributed by atoms with Crippen molar-refractivity contribution in [3.8, 4) is 0 Å². The molecule has 0 saturated heterocycles. The molecule has 2 amide bonds. The van der Waals surface area contributed by atoms with Crippen molar-refractivity contribution in [2.24, 2.45) is 5.41 Å². The molecule has 1 atom stereocenters. The lowest BCUT2D eigenvalue weighted by Crippen LogP contribution is -2.48. The molecule has 0 aliphatic rings. The highest BCUT2D eigenvalue weighted by atomic mass is 16.4. The number of nitrogens with one attached hydrogen (secondary N) is 2. The van der Waals surface area contributed by atoms with Crippen molar-refractivity contribution >= 4 is 12.0 Å². The molecule has 0 fully saturated rings. The third kappa shape index (κ3) is 5.46. The van der Waals surface area contributed by atoms with Gasteiger partial charge in [0.2, 0.25) is 0 Å². The first-order chi connectivity index (χ1) is 8.79. The summed E-state index contributed by atoms with van der Waals surface area (Å²) in [6, 6.07) is 2.63. The van der Waals surface area contributed by atoms with Crippen LogP contribution in [0.15, 0.2) is 22.8 Å². The smallest absolute Gasteiger partial charge is 0.315 e. The highest BCUT2D eigenvalue weighted by Gasteiger charge is 2.28. The third-order valence-corrected chi connectivity index (χ3v) is 2.73. The van der Waals surface area contributed by atoms with Crippen molar-refractivity contribution in [2.45, 2.75) is 39.8 Å². The van der Waals surface area contributed by atoms with Crippen molar-refractivity contribution in [2.75, 3.05) is 0 Å². The quantitative estimate of drug-likeness (QED) is 0.761. The van der Waals surface area contributed by atoms with Gasteiger partial charge in [0.15, 0.2) is 0 Å². The van der Waals surface area contributed by atoms with Crippen LogP contribution in [0.5, 0.6) is 0 Å². The van der Waals surface area contributed by atoms with E-state index in [2.05, 4.69) is 10.6 Å². The van der Waals surface area contributed by atoms with E-state index in [9.17, 15) is 9.59 Å². The molecule has 1 heterocycles. The molecule has 1 aromatic heterocycles. The summed E-state index contributed by atoms with van der Waals surface area (Å²) in [5.74, 6) is -0.299. The zero-order chi connectivity index (χ0) is 14.5. The molecule has 0 bridgehead atoms. The fourth-order valence-corrected chi connectivity index (χ4v) is 1.54. The van der Waals surface area contributed by atoms with Crippen LogP contribution in [0, 0.1) is 5.41 Å². The summed E-state index contributed by atoms with van der Waals surface area (Å²) in [5, 5.41) is 14.2. The zero-order valence-electron chi connectivity index (χ0n) is 11.4. The lowest BCUT2D eigenvalue weighted by Gasteiger charge is -2.30. The maximum absolute atomic E-state index is 11.7. The molecule has 1 unspecified atom stereocenters. The molecule has 0 spiro atoms. The van der Waals surface area contributed by atoms with Crippen LogP contribution in [0.25, 0.3) is 0 Å². The van der Waals surface area contributed by atoms with E-state index in [1.165, 1.54) is 6.26 Å². The van der Waals surface area contributed by atoms with Gasteiger partial charge in [0.25, 0.3) is 0 Å². The SMILES string of the molecule is CC(C)(C)C(CC(=O)O)NC(=O)NCc1ccco1. The van der Waals surface area contributed by atoms with Gasteiger partial charge in [-0.1, -0.05) is 20.8 Å². The number of amides is 2. The molecule has 0 radical (unpaired) electrons. The lowest BCUT2D eigenvalue weighted by molar-refractivity contribution is -0.138. The van der Waals surface area contributed by atoms with Gasteiger partial charge in [0, 0.05) is 6.04 Å². The predicted molar refractivity (Wildman–Crippen MR) is 69.6 cm³/mol. The average Bonchev–Trinajstić information content (AvgIpc) is 2.76. The van der Waals surface area contributed by atoms with E-state index in [1.807, 2.05) is 20.8 Å². The molecule has 6 heteroatoms. The summed E-state index contributed by atoms with van der Waals surface area (Å²) >= 11 is 0. The van der Waals surface area contributed by atoms with Gasteiger partial charge in [-0.3, -0.25) is 4.79 Å². The van der Waals surface area contributed by atoms with Gasteiger partial charge in [0.1, 0.15) is 5.76 Å². The van der Waals surface area contributed by atoms with E-state index in [4.69, 9.17) is 9.52 Å². The number of furan rings is 1. The fourth-order valence-electron chi connectivity index (χ4n) is 1.54. The third-order valence-electron chi connectivity index (χ3n) is 2.73. The van der Waals surface area contributed by atoms with Crippen molar-refractivity contribution in [1.29, 1.82) is 0 Å². The molecule has 106 valence electrons. The summed E-state index contributed by atoms with van der Waals surface area (Å²) in [5.41, 5.74) is -0.333. The molecule has 3 N–H and O–H groups in total. The van der Waals surface area contributed by atoms with Crippen molar-refractivity contribution in [1.82, 2.24) is 10.6 Å². The van der Waals surface area contributed by atoms with Crippen LogP contribution in [0.1, 0.15) is 33.0 Å². The van der Waals surface area contributed by atoms with Crippen LogP contribution in [0.2, 0.25) is 0 Å². The summed E-state index contributed by atoms with van der Waals surface area (Å²) in [7, 11) is 0. The van der Waals surface area contributed by atoms with E-state index in [0.29, 0.717) is 5.76 Å². The maximum atomic E-state index is 11.7. The topological polar surface area (TPSA) is 91.6 Å². The van der Waals surface area contributed by atoms with Crippen LogP contribution >= 0.6 is 0 Å². The second kappa shape index (κ2) is 6.26. The van der Waals surface area contributed by atoms with Gasteiger partial charge < -0.3 is 20.2 Å². The van der Waals surface area contributed by atoms with Gasteiger partial charge in [-0.25, -0.2) is 4.79 Å². The van der Waals surface area contributed by atoms with Crippen LogP contribution in [-0.4, -0.2) is 23.1 Å². The second-order valence-electron chi connectivity index (χ2n) is 5.42. The molecule has 1 rings (SSSR count). The van der Waals surface area contributed by atoms with Crippen LogP contribution in [0.4, 0.5) is 4.79 Å². The number of carboxylic acids is 1. The van der Waals surface area contributed by atoms with Gasteiger partial charge in [0.05, 0.1) is 19.2 Å². The molecular formula is C13H20N2O4. The Morgan fingerprint density at radius 3 is 2.58 bits per heavy atom. The minimum absolute atomic E-state index is 0.113. The molecule has 0 aliphatic carbocycles. The van der Waals surface area contributed by atoms with Gasteiger partial charge in [-0.15, -0.1) is 0 Å². The minimum Gasteiger partial charge on any atom is -0.481 e. The van der Waals surface area contributed by atoms with Crippen molar-refractivity contribution < 1.29 is 19.1 Å². The highest BCUT2D eigenvalue weighted by Crippen LogP contribution is 2.21. The Kier molecular flexibility index (Phi) is 4.97. The van der Waals surface area contributed by atoms with Crippen LogP contribution in [-0.2, 0) is 11.3 Å². The maximum Gasteiger partial charge on any atom is 0.315 e. The lowest BCUT2D eigenvalue weighted by atomic mass is 9.85. The minimum atomic E-state index is -0.939. The Hall–Kier alpha value is -1.98. The largest absolute Gasteiger partial charge is 0.481 e.